The predicted octanol–water partition coefficient (Wildman–Crippen LogP) is 3.83. The summed E-state index contributed by atoms with van der Waals surface area (Å²) in [5.74, 6) is 0.903. The lowest BCUT2D eigenvalue weighted by atomic mass is 9.79. The van der Waals surface area contributed by atoms with Crippen LogP contribution >= 0.6 is 0 Å². The number of fused-ring (bicyclic) bond motifs is 6. The summed E-state index contributed by atoms with van der Waals surface area (Å²) >= 11 is 0. The van der Waals surface area contributed by atoms with E-state index in [9.17, 15) is 9.59 Å². The fraction of sp³-hybridized carbons (Fsp3) is 0.360. The Bertz CT molecular complexity index is 1210. The van der Waals surface area contributed by atoms with Gasteiger partial charge in [0.15, 0.2) is 5.54 Å². The molecule has 0 aliphatic carbocycles. The molecule has 0 radical (unpaired) electrons. The number of aromatic amines is 1. The maximum atomic E-state index is 14.0. The first-order valence-corrected chi connectivity index (χ1v) is 10.8. The van der Waals surface area contributed by atoms with Gasteiger partial charge in [-0.05, 0) is 42.2 Å². The molecule has 3 heterocycles. The van der Waals surface area contributed by atoms with Crippen molar-refractivity contribution < 1.29 is 14.3 Å². The number of hydrogen-bond donors (Lipinski definition) is 1. The standard InChI is InChI=1S/C25H27N3O3/c1-15(2)13-22(29)28-12-11-17-18-14-16(31-4)9-10-20(18)26-23(17)25(28)19-7-5-6-8-21(19)27(3)24(25)30/h5-10,14-15,26H,11-13H2,1-4H3. The van der Waals surface area contributed by atoms with Crippen molar-refractivity contribution in [1.29, 1.82) is 0 Å². The molecule has 1 atom stereocenters. The van der Waals surface area contributed by atoms with Crippen molar-refractivity contribution in [2.75, 3.05) is 25.6 Å². The van der Waals surface area contributed by atoms with Gasteiger partial charge in [-0.25, -0.2) is 0 Å². The molecule has 1 aromatic heterocycles. The summed E-state index contributed by atoms with van der Waals surface area (Å²) < 4.78 is 5.44. The summed E-state index contributed by atoms with van der Waals surface area (Å²) in [5.41, 5.74) is 3.37. The predicted molar refractivity (Wildman–Crippen MR) is 120 cm³/mol. The van der Waals surface area contributed by atoms with E-state index in [1.165, 1.54) is 0 Å². The summed E-state index contributed by atoms with van der Waals surface area (Å²) in [6, 6.07) is 13.7. The zero-order chi connectivity index (χ0) is 21.9. The van der Waals surface area contributed by atoms with Gasteiger partial charge in [0.25, 0.3) is 5.91 Å². The van der Waals surface area contributed by atoms with Gasteiger partial charge in [-0.1, -0.05) is 32.0 Å². The van der Waals surface area contributed by atoms with Crippen LogP contribution in [0.15, 0.2) is 42.5 Å². The molecule has 2 aliphatic heterocycles. The first-order valence-electron chi connectivity index (χ1n) is 10.8. The molecular formula is C25H27N3O3. The number of amides is 2. The van der Waals surface area contributed by atoms with E-state index in [4.69, 9.17) is 4.74 Å². The Morgan fingerprint density at radius 2 is 2.00 bits per heavy atom. The molecule has 0 saturated carbocycles. The quantitative estimate of drug-likeness (QED) is 0.704. The molecule has 2 amide bonds. The molecule has 0 bridgehead atoms. The van der Waals surface area contributed by atoms with Crippen molar-refractivity contribution in [2.24, 2.45) is 5.92 Å². The number of carbonyl (C=O) groups excluding carboxylic acids is 2. The molecule has 3 aromatic rings. The number of ether oxygens (including phenoxy) is 1. The minimum Gasteiger partial charge on any atom is -0.497 e. The summed E-state index contributed by atoms with van der Waals surface area (Å²) in [5, 5.41) is 1.05. The number of anilines is 1. The molecule has 2 aromatic carbocycles. The highest BCUT2D eigenvalue weighted by Gasteiger charge is 2.59. The van der Waals surface area contributed by atoms with Crippen molar-refractivity contribution in [2.45, 2.75) is 32.2 Å². The third-order valence-corrected chi connectivity index (χ3v) is 6.62. The van der Waals surface area contributed by atoms with Crippen LogP contribution in [0, 0.1) is 5.92 Å². The molecule has 31 heavy (non-hydrogen) atoms. The van der Waals surface area contributed by atoms with E-state index >= 15 is 0 Å². The van der Waals surface area contributed by atoms with E-state index < -0.39 is 5.54 Å². The third kappa shape index (κ3) is 2.57. The van der Waals surface area contributed by atoms with Crippen molar-refractivity contribution in [3.63, 3.8) is 0 Å². The fourth-order valence-corrected chi connectivity index (χ4v) is 5.26. The Hall–Kier alpha value is -3.28. The number of nitrogens with zero attached hydrogens (tertiary/aromatic N) is 2. The Morgan fingerprint density at radius 3 is 2.74 bits per heavy atom. The van der Waals surface area contributed by atoms with E-state index in [1.807, 2.05) is 61.2 Å². The smallest absolute Gasteiger partial charge is 0.263 e. The van der Waals surface area contributed by atoms with Gasteiger partial charge in [-0.15, -0.1) is 0 Å². The molecule has 160 valence electrons. The molecule has 6 heteroatoms. The lowest BCUT2D eigenvalue weighted by Gasteiger charge is -2.43. The first-order chi connectivity index (χ1) is 14.9. The lowest BCUT2D eigenvalue weighted by molar-refractivity contribution is -0.145. The maximum absolute atomic E-state index is 14.0. The van der Waals surface area contributed by atoms with Crippen molar-refractivity contribution in [3.8, 4) is 5.75 Å². The van der Waals surface area contributed by atoms with Gasteiger partial charge < -0.3 is 19.5 Å². The Kier molecular flexibility index (Phi) is 4.36. The zero-order valence-corrected chi connectivity index (χ0v) is 18.4. The summed E-state index contributed by atoms with van der Waals surface area (Å²) in [6.45, 7) is 4.56. The number of carbonyl (C=O) groups is 2. The summed E-state index contributed by atoms with van der Waals surface area (Å²) in [4.78, 5) is 34.5. The van der Waals surface area contributed by atoms with Crippen LogP contribution in [0.1, 0.15) is 37.1 Å². The highest BCUT2D eigenvalue weighted by Crippen LogP contribution is 2.52. The van der Waals surface area contributed by atoms with Gasteiger partial charge in [0.05, 0.1) is 12.8 Å². The van der Waals surface area contributed by atoms with Crippen LogP contribution in [-0.4, -0.2) is 42.4 Å². The molecule has 0 saturated heterocycles. The monoisotopic (exact) mass is 417 g/mol. The Morgan fingerprint density at radius 1 is 1.23 bits per heavy atom. The van der Waals surface area contributed by atoms with Gasteiger partial charge in [-0.2, -0.15) is 0 Å². The van der Waals surface area contributed by atoms with Gasteiger partial charge >= 0.3 is 0 Å². The molecule has 1 unspecified atom stereocenters. The third-order valence-electron chi connectivity index (χ3n) is 6.62. The fourth-order valence-electron chi connectivity index (χ4n) is 5.26. The number of aromatic nitrogens is 1. The van der Waals surface area contributed by atoms with E-state index in [0.717, 1.165) is 39.2 Å². The lowest BCUT2D eigenvalue weighted by Crippen LogP contribution is -2.59. The van der Waals surface area contributed by atoms with Crippen LogP contribution in [0.2, 0.25) is 0 Å². The molecule has 1 spiro atoms. The van der Waals surface area contributed by atoms with Crippen molar-refractivity contribution in [3.05, 3.63) is 59.3 Å². The second-order valence-electron chi connectivity index (χ2n) is 8.88. The molecule has 5 rings (SSSR count). The molecular weight excluding hydrogens is 390 g/mol. The average Bonchev–Trinajstić information content (AvgIpc) is 3.24. The average molecular weight is 418 g/mol. The minimum atomic E-state index is -1.17. The number of rotatable bonds is 3. The Labute approximate surface area is 181 Å². The van der Waals surface area contributed by atoms with Gasteiger partial charge in [-0.3, -0.25) is 9.59 Å². The van der Waals surface area contributed by atoms with E-state index in [-0.39, 0.29) is 17.7 Å². The van der Waals surface area contributed by atoms with Crippen LogP contribution in [0.25, 0.3) is 10.9 Å². The molecule has 2 aliphatic rings. The SMILES string of the molecule is COc1ccc2[nH]c3c(c2c1)CCN(C(=O)CC(C)C)C31C(=O)N(C)c2ccccc21. The van der Waals surface area contributed by atoms with Crippen LogP contribution in [0.5, 0.6) is 5.75 Å². The molecule has 0 fully saturated rings. The van der Waals surface area contributed by atoms with Gasteiger partial charge in [0.1, 0.15) is 5.75 Å². The summed E-state index contributed by atoms with van der Waals surface area (Å²) in [7, 11) is 3.45. The number of hydrogen-bond acceptors (Lipinski definition) is 3. The van der Waals surface area contributed by atoms with E-state index in [1.54, 1.807) is 19.1 Å². The largest absolute Gasteiger partial charge is 0.497 e. The van der Waals surface area contributed by atoms with Crippen molar-refractivity contribution >= 4 is 28.4 Å². The normalized spacial score (nSPS) is 20.0. The molecule has 6 nitrogen and oxygen atoms in total. The number of nitrogens with one attached hydrogen (secondary N) is 1. The van der Waals surface area contributed by atoms with Crippen molar-refractivity contribution in [1.82, 2.24) is 9.88 Å². The van der Waals surface area contributed by atoms with E-state index in [2.05, 4.69) is 4.98 Å². The van der Waals surface area contributed by atoms with Gasteiger partial charge in [0, 0.05) is 42.2 Å². The van der Waals surface area contributed by atoms with Crippen LogP contribution in [0.3, 0.4) is 0 Å². The number of methoxy groups -OCH3 is 1. The van der Waals surface area contributed by atoms with Crippen LogP contribution < -0.4 is 9.64 Å². The second kappa shape index (κ2) is 6.87. The number of likely N-dealkylation sites (N-methyl/N-ethyl adjacent to an activating group) is 1. The second-order valence-corrected chi connectivity index (χ2v) is 8.88. The first kappa shape index (κ1) is 19.7. The Balaban J connectivity index is 1.82. The number of H-pyrrole nitrogens is 1. The zero-order valence-electron chi connectivity index (χ0n) is 18.4. The summed E-state index contributed by atoms with van der Waals surface area (Å²) in [6.07, 6.45) is 1.09. The van der Waals surface area contributed by atoms with Gasteiger partial charge in [0.2, 0.25) is 5.91 Å². The topological polar surface area (TPSA) is 65.6 Å². The minimum absolute atomic E-state index is 0.00957. The highest BCUT2D eigenvalue weighted by molar-refractivity contribution is 6.12. The number of benzene rings is 2. The van der Waals surface area contributed by atoms with E-state index in [0.29, 0.717) is 19.4 Å². The maximum Gasteiger partial charge on any atom is 0.263 e. The van der Waals surface area contributed by atoms with Crippen LogP contribution in [-0.2, 0) is 21.5 Å². The highest BCUT2D eigenvalue weighted by atomic mass is 16.5. The number of para-hydroxylation sites is 1. The molecule has 1 N–H and O–H groups in total. The van der Waals surface area contributed by atoms with Crippen LogP contribution in [0.4, 0.5) is 5.69 Å².